The Morgan fingerprint density at radius 1 is 1.18 bits per heavy atom. The van der Waals surface area contributed by atoms with E-state index in [2.05, 4.69) is 20.5 Å². The number of carbonyl (C=O) groups is 2. The van der Waals surface area contributed by atoms with Gasteiger partial charge in [0.25, 0.3) is 0 Å². The topological polar surface area (TPSA) is 103 Å². The van der Waals surface area contributed by atoms with Gasteiger partial charge in [0.15, 0.2) is 11.3 Å². The van der Waals surface area contributed by atoms with E-state index >= 15 is 0 Å². The molecule has 9 nitrogen and oxygen atoms in total. The molecular formula is C22H19F3N6O3. The summed E-state index contributed by atoms with van der Waals surface area (Å²) < 4.78 is 46.1. The third-order valence-corrected chi connectivity index (χ3v) is 4.90. The molecule has 176 valence electrons. The number of hydrogen-bond donors (Lipinski definition) is 1. The lowest BCUT2D eigenvalue weighted by Crippen LogP contribution is -2.20. The Labute approximate surface area is 191 Å². The van der Waals surface area contributed by atoms with Crippen LogP contribution in [0.15, 0.2) is 48.8 Å². The molecule has 4 rings (SSSR count). The third kappa shape index (κ3) is 4.60. The maximum atomic E-state index is 12.9. The number of halogens is 3. The van der Waals surface area contributed by atoms with Crippen LogP contribution in [0.2, 0.25) is 0 Å². The third-order valence-electron chi connectivity index (χ3n) is 4.90. The summed E-state index contributed by atoms with van der Waals surface area (Å²) in [6, 6.07) is 9.38. The molecule has 0 saturated carbocycles. The monoisotopic (exact) mass is 472 g/mol. The number of nitrogens with one attached hydrogen (secondary N) is 1. The number of alkyl halides is 3. The van der Waals surface area contributed by atoms with Crippen molar-refractivity contribution in [1.82, 2.24) is 24.4 Å². The first-order valence-electron chi connectivity index (χ1n) is 10.2. The highest BCUT2D eigenvalue weighted by atomic mass is 19.4. The summed E-state index contributed by atoms with van der Waals surface area (Å²) in [4.78, 5) is 28.8. The molecule has 0 saturated heterocycles. The van der Waals surface area contributed by atoms with Crippen molar-refractivity contribution in [2.45, 2.75) is 26.6 Å². The van der Waals surface area contributed by atoms with Crippen LogP contribution in [-0.2, 0) is 22.3 Å². The lowest BCUT2D eigenvalue weighted by Gasteiger charge is -2.10. The number of hydrogen-bond acceptors (Lipinski definition) is 6. The number of nitrogens with zero attached hydrogens (tertiary/aromatic N) is 5. The average molecular weight is 472 g/mol. The quantitative estimate of drug-likeness (QED) is 0.429. The number of aryl methyl sites for hydroxylation is 1. The Bertz CT molecular complexity index is 1380. The number of rotatable bonds is 6. The molecule has 0 aliphatic rings. The summed E-state index contributed by atoms with van der Waals surface area (Å²) in [6.45, 7) is 2.98. The smallest absolute Gasteiger partial charge is 0.435 e. The summed E-state index contributed by atoms with van der Waals surface area (Å²) >= 11 is 0. The van der Waals surface area contributed by atoms with Gasteiger partial charge >= 0.3 is 12.1 Å². The predicted octanol–water partition coefficient (Wildman–Crippen LogP) is 3.74. The highest BCUT2D eigenvalue weighted by Crippen LogP contribution is 2.28. The number of carbonyl (C=O) groups excluding carboxylic acids is 2. The second-order valence-corrected chi connectivity index (χ2v) is 7.30. The maximum absolute atomic E-state index is 12.9. The number of benzene rings is 1. The molecule has 34 heavy (non-hydrogen) atoms. The maximum Gasteiger partial charge on any atom is 0.435 e. The fraction of sp³-hybridized carbons (Fsp3) is 0.227. The predicted molar refractivity (Wildman–Crippen MR) is 115 cm³/mol. The Morgan fingerprint density at radius 2 is 1.97 bits per heavy atom. The highest BCUT2D eigenvalue weighted by molar-refractivity contribution is 5.96. The first-order valence-corrected chi connectivity index (χ1v) is 10.2. The minimum atomic E-state index is -4.59. The van der Waals surface area contributed by atoms with E-state index in [-0.39, 0.29) is 24.4 Å². The van der Waals surface area contributed by atoms with Crippen LogP contribution in [0.4, 0.5) is 18.9 Å². The van der Waals surface area contributed by atoms with Gasteiger partial charge in [-0.05, 0) is 38.1 Å². The van der Waals surface area contributed by atoms with E-state index in [0.29, 0.717) is 22.6 Å². The van der Waals surface area contributed by atoms with Crippen LogP contribution in [-0.4, -0.2) is 42.9 Å². The van der Waals surface area contributed by atoms with E-state index in [1.54, 1.807) is 37.3 Å². The number of esters is 1. The zero-order valence-corrected chi connectivity index (χ0v) is 18.1. The fourth-order valence-electron chi connectivity index (χ4n) is 3.36. The van der Waals surface area contributed by atoms with Crippen molar-refractivity contribution in [1.29, 1.82) is 0 Å². The second-order valence-electron chi connectivity index (χ2n) is 7.30. The van der Waals surface area contributed by atoms with E-state index in [1.807, 2.05) is 0 Å². The molecule has 0 fully saturated rings. The zero-order chi connectivity index (χ0) is 24.5. The normalized spacial score (nSPS) is 11.6. The summed E-state index contributed by atoms with van der Waals surface area (Å²) in [5.41, 5.74) is 1.40. The number of amides is 1. The Hall–Kier alpha value is -4.22. The Balaban J connectivity index is 1.56. The number of fused-ring (bicyclic) bond motifs is 1. The van der Waals surface area contributed by atoms with Crippen LogP contribution in [0.5, 0.6) is 0 Å². The summed E-state index contributed by atoms with van der Waals surface area (Å²) in [5.74, 6) is -1.08. The van der Waals surface area contributed by atoms with E-state index in [0.717, 1.165) is 10.7 Å². The lowest BCUT2D eigenvalue weighted by molar-refractivity contribution is -0.141. The SMILES string of the molecule is CCOC(=O)c1cnn2c(-c3cccc(NC(=O)Cn4nc(C(F)(F)F)cc4C)c3)ccnc12. The van der Waals surface area contributed by atoms with E-state index in [4.69, 9.17) is 4.74 Å². The molecule has 4 aromatic rings. The first kappa shape index (κ1) is 23.0. The second kappa shape index (κ2) is 8.96. The van der Waals surface area contributed by atoms with Crippen molar-refractivity contribution >= 4 is 23.2 Å². The standard InChI is InChI=1S/C22H19F3N6O3/c1-3-34-21(33)16-11-27-31-17(7-8-26-20(16)31)14-5-4-6-15(10-14)28-19(32)12-30-13(2)9-18(29-30)22(23,24)25/h4-11H,3,12H2,1-2H3,(H,28,32). The van der Waals surface area contributed by atoms with Gasteiger partial charge in [0, 0.05) is 23.1 Å². The summed E-state index contributed by atoms with van der Waals surface area (Å²) in [6.07, 6.45) is -1.69. The Morgan fingerprint density at radius 3 is 2.68 bits per heavy atom. The van der Waals surface area contributed by atoms with Crippen LogP contribution in [0.3, 0.4) is 0 Å². The van der Waals surface area contributed by atoms with Crippen molar-refractivity contribution in [3.05, 3.63) is 65.7 Å². The number of anilines is 1. The van der Waals surface area contributed by atoms with Crippen molar-refractivity contribution in [2.75, 3.05) is 11.9 Å². The molecule has 1 aromatic carbocycles. The van der Waals surface area contributed by atoms with Gasteiger partial charge in [-0.3, -0.25) is 9.48 Å². The number of aromatic nitrogens is 5. The molecule has 0 bridgehead atoms. The van der Waals surface area contributed by atoms with Gasteiger partial charge in [0.1, 0.15) is 12.1 Å². The zero-order valence-electron chi connectivity index (χ0n) is 18.1. The minimum absolute atomic E-state index is 0.214. The molecule has 3 aromatic heterocycles. The first-order chi connectivity index (χ1) is 16.2. The molecular weight excluding hydrogens is 453 g/mol. The van der Waals surface area contributed by atoms with Gasteiger partial charge in [0.2, 0.25) is 5.91 Å². The lowest BCUT2D eigenvalue weighted by atomic mass is 10.1. The van der Waals surface area contributed by atoms with Gasteiger partial charge in [-0.25, -0.2) is 14.3 Å². The van der Waals surface area contributed by atoms with Gasteiger partial charge in [-0.1, -0.05) is 12.1 Å². The molecule has 12 heteroatoms. The van der Waals surface area contributed by atoms with Crippen LogP contribution in [0, 0.1) is 6.92 Å². The molecule has 0 aliphatic carbocycles. The van der Waals surface area contributed by atoms with E-state index in [1.165, 1.54) is 23.8 Å². The van der Waals surface area contributed by atoms with Crippen LogP contribution in [0.25, 0.3) is 16.9 Å². The van der Waals surface area contributed by atoms with Crippen LogP contribution < -0.4 is 5.32 Å². The molecule has 1 amide bonds. The Kier molecular flexibility index (Phi) is 6.05. The largest absolute Gasteiger partial charge is 0.462 e. The van der Waals surface area contributed by atoms with Gasteiger partial charge in [-0.2, -0.15) is 23.4 Å². The van der Waals surface area contributed by atoms with Crippen molar-refractivity contribution in [3.8, 4) is 11.3 Å². The van der Waals surface area contributed by atoms with Crippen LogP contribution in [0.1, 0.15) is 28.7 Å². The molecule has 0 atom stereocenters. The average Bonchev–Trinajstić information content (AvgIpc) is 3.37. The minimum Gasteiger partial charge on any atom is -0.462 e. The van der Waals surface area contributed by atoms with Crippen molar-refractivity contribution < 1.29 is 27.5 Å². The van der Waals surface area contributed by atoms with Crippen molar-refractivity contribution in [3.63, 3.8) is 0 Å². The molecule has 0 spiro atoms. The van der Waals surface area contributed by atoms with E-state index < -0.39 is 23.7 Å². The van der Waals surface area contributed by atoms with E-state index in [9.17, 15) is 22.8 Å². The van der Waals surface area contributed by atoms with Crippen LogP contribution >= 0.6 is 0 Å². The summed E-state index contributed by atoms with van der Waals surface area (Å²) in [7, 11) is 0. The van der Waals surface area contributed by atoms with Gasteiger partial charge < -0.3 is 10.1 Å². The molecule has 3 heterocycles. The molecule has 0 unspecified atom stereocenters. The highest BCUT2D eigenvalue weighted by Gasteiger charge is 2.34. The number of ether oxygens (including phenoxy) is 1. The van der Waals surface area contributed by atoms with Crippen molar-refractivity contribution in [2.24, 2.45) is 0 Å². The molecule has 1 N–H and O–H groups in total. The van der Waals surface area contributed by atoms with Gasteiger partial charge in [0.05, 0.1) is 18.5 Å². The molecule has 0 aliphatic heterocycles. The summed E-state index contributed by atoms with van der Waals surface area (Å²) in [5, 5.41) is 10.4. The van der Waals surface area contributed by atoms with Gasteiger partial charge in [-0.15, -0.1) is 0 Å². The fourth-order valence-corrected chi connectivity index (χ4v) is 3.36. The molecule has 0 radical (unpaired) electrons.